The smallest absolute Gasteiger partial charge is 0.266 e. The van der Waals surface area contributed by atoms with Crippen molar-refractivity contribution < 1.29 is 19.0 Å². The van der Waals surface area contributed by atoms with Crippen molar-refractivity contribution in [3.63, 3.8) is 0 Å². The molecule has 0 aromatic heterocycles. The largest absolute Gasteiger partial charge is 0.503 e. The first-order valence-corrected chi connectivity index (χ1v) is 7.66. The molecule has 7 heteroatoms. The first-order chi connectivity index (χ1) is 11.9. The first-order valence-electron chi connectivity index (χ1n) is 7.28. The molecule has 2 rings (SSSR count). The third-order valence-corrected chi connectivity index (χ3v) is 3.42. The van der Waals surface area contributed by atoms with Gasteiger partial charge in [0.1, 0.15) is 17.5 Å². The van der Waals surface area contributed by atoms with Crippen molar-refractivity contribution in [3.8, 4) is 17.6 Å². The minimum atomic E-state index is -0.656. The van der Waals surface area contributed by atoms with E-state index < -0.39 is 11.7 Å². The Hall–Kier alpha value is -3.04. The molecule has 0 saturated heterocycles. The van der Waals surface area contributed by atoms with Gasteiger partial charge in [-0.3, -0.25) is 4.79 Å². The molecule has 0 aliphatic rings. The van der Waals surface area contributed by atoms with Crippen molar-refractivity contribution in [2.75, 3.05) is 11.9 Å². The van der Waals surface area contributed by atoms with Gasteiger partial charge in [0.15, 0.2) is 11.5 Å². The molecule has 2 N–H and O–H groups in total. The molecular weight excluding hydrogens is 347 g/mol. The highest BCUT2D eigenvalue weighted by Crippen LogP contribution is 2.35. The molecule has 0 spiro atoms. The van der Waals surface area contributed by atoms with Crippen molar-refractivity contribution >= 4 is 29.3 Å². The summed E-state index contributed by atoms with van der Waals surface area (Å²) in [6.45, 7) is 2.06. The average Bonchev–Trinajstić information content (AvgIpc) is 2.59. The van der Waals surface area contributed by atoms with E-state index in [1.165, 1.54) is 42.5 Å². The Balaban J connectivity index is 2.29. The minimum absolute atomic E-state index is 0.0356. The predicted octanol–water partition coefficient (Wildman–Crippen LogP) is 4.13. The summed E-state index contributed by atoms with van der Waals surface area (Å²) in [6, 6.07) is 9.82. The zero-order valence-corrected chi connectivity index (χ0v) is 14.0. The fourth-order valence-electron chi connectivity index (χ4n) is 1.99. The molecule has 0 saturated carbocycles. The summed E-state index contributed by atoms with van der Waals surface area (Å²) in [4.78, 5) is 12.2. The van der Waals surface area contributed by atoms with Crippen LogP contribution in [0.15, 0.2) is 42.0 Å². The fourth-order valence-corrected chi connectivity index (χ4v) is 2.21. The van der Waals surface area contributed by atoms with E-state index in [9.17, 15) is 19.6 Å². The molecule has 0 fully saturated rings. The lowest BCUT2D eigenvalue weighted by Crippen LogP contribution is -2.13. The van der Waals surface area contributed by atoms with Crippen LogP contribution >= 0.6 is 11.6 Å². The number of rotatable bonds is 5. The van der Waals surface area contributed by atoms with Crippen molar-refractivity contribution in [3.05, 3.63) is 58.4 Å². The van der Waals surface area contributed by atoms with Crippen LogP contribution in [0.1, 0.15) is 12.5 Å². The Bertz CT molecular complexity index is 858. The summed E-state index contributed by atoms with van der Waals surface area (Å²) in [5, 5.41) is 21.6. The monoisotopic (exact) mass is 360 g/mol. The second kappa shape index (κ2) is 8.18. The predicted molar refractivity (Wildman–Crippen MR) is 92.9 cm³/mol. The summed E-state index contributed by atoms with van der Waals surface area (Å²) in [5.41, 5.74) is 0.580. The number of phenols is 1. The Morgan fingerprint density at radius 3 is 2.68 bits per heavy atom. The van der Waals surface area contributed by atoms with Gasteiger partial charge in [0.2, 0.25) is 0 Å². The van der Waals surface area contributed by atoms with E-state index in [-0.39, 0.29) is 22.1 Å². The van der Waals surface area contributed by atoms with Gasteiger partial charge in [-0.2, -0.15) is 5.26 Å². The van der Waals surface area contributed by atoms with Gasteiger partial charge < -0.3 is 15.2 Å². The second-order valence-corrected chi connectivity index (χ2v) is 5.32. The number of nitrogens with one attached hydrogen (secondary N) is 1. The van der Waals surface area contributed by atoms with Crippen molar-refractivity contribution in [1.82, 2.24) is 0 Å². The molecule has 0 heterocycles. The lowest BCUT2D eigenvalue weighted by atomic mass is 10.1. The summed E-state index contributed by atoms with van der Waals surface area (Å²) < 4.78 is 18.1. The molecule has 128 valence electrons. The lowest BCUT2D eigenvalue weighted by molar-refractivity contribution is -0.112. The molecule has 0 aliphatic heterocycles. The topological polar surface area (TPSA) is 82.3 Å². The van der Waals surface area contributed by atoms with Gasteiger partial charge >= 0.3 is 0 Å². The number of anilines is 1. The molecule has 2 aromatic carbocycles. The fraction of sp³-hybridized carbons (Fsp3) is 0.111. The minimum Gasteiger partial charge on any atom is -0.503 e. The highest BCUT2D eigenvalue weighted by atomic mass is 35.5. The molecule has 0 unspecified atom stereocenters. The number of hydrogen-bond acceptors (Lipinski definition) is 4. The number of nitrogens with zero attached hydrogens (tertiary/aromatic N) is 1. The van der Waals surface area contributed by atoms with E-state index in [1.807, 2.05) is 0 Å². The highest BCUT2D eigenvalue weighted by molar-refractivity contribution is 6.32. The third-order valence-electron chi connectivity index (χ3n) is 3.13. The number of benzene rings is 2. The zero-order chi connectivity index (χ0) is 18.4. The summed E-state index contributed by atoms with van der Waals surface area (Å²) in [7, 11) is 0. The summed E-state index contributed by atoms with van der Waals surface area (Å²) >= 11 is 5.93. The van der Waals surface area contributed by atoms with Crippen LogP contribution in [-0.4, -0.2) is 17.6 Å². The van der Waals surface area contributed by atoms with Gasteiger partial charge in [-0.15, -0.1) is 0 Å². The Morgan fingerprint density at radius 1 is 1.40 bits per heavy atom. The van der Waals surface area contributed by atoms with Gasteiger partial charge in [0.05, 0.1) is 11.6 Å². The van der Waals surface area contributed by atoms with Crippen LogP contribution in [0.3, 0.4) is 0 Å². The van der Waals surface area contributed by atoms with Gasteiger partial charge in [-0.25, -0.2) is 4.39 Å². The van der Waals surface area contributed by atoms with Crippen LogP contribution in [0.25, 0.3) is 6.08 Å². The van der Waals surface area contributed by atoms with E-state index in [1.54, 1.807) is 13.0 Å². The maximum absolute atomic E-state index is 12.9. The van der Waals surface area contributed by atoms with Crippen LogP contribution in [0, 0.1) is 17.1 Å². The molecular formula is C18H14ClFN2O3. The lowest BCUT2D eigenvalue weighted by Gasteiger charge is -2.09. The maximum Gasteiger partial charge on any atom is 0.266 e. The van der Waals surface area contributed by atoms with E-state index in [2.05, 4.69) is 5.32 Å². The van der Waals surface area contributed by atoms with Crippen LogP contribution in [0.2, 0.25) is 5.02 Å². The van der Waals surface area contributed by atoms with Crippen molar-refractivity contribution in [2.45, 2.75) is 6.92 Å². The van der Waals surface area contributed by atoms with Gasteiger partial charge in [0.25, 0.3) is 5.91 Å². The molecule has 25 heavy (non-hydrogen) atoms. The SMILES string of the molecule is CCOc1cc(/C=C(\C#N)C(=O)Nc2ccc(F)cc2)cc(Cl)c1O. The van der Waals surface area contributed by atoms with Gasteiger partial charge in [-0.05, 0) is 55.0 Å². The molecule has 0 bridgehead atoms. The second-order valence-electron chi connectivity index (χ2n) is 4.91. The molecule has 0 radical (unpaired) electrons. The average molecular weight is 361 g/mol. The Kier molecular flexibility index (Phi) is 5.98. The van der Waals surface area contributed by atoms with Crippen molar-refractivity contribution in [1.29, 1.82) is 5.26 Å². The van der Waals surface area contributed by atoms with Gasteiger partial charge in [0, 0.05) is 5.69 Å². The summed E-state index contributed by atoms with van der Waals surface area (Å²) in [5.74, 6) is -1.15. The normalized spacial score (nSPS) is 10.9. The van der Waals surface area contributed by atoms with E-state index >= 15 is 0 Å². The molecule has 1 amide bonds. The zero-order valence-electron chi connectivity index (χ0n) is 13.2. The number of carbonyl (C=O) groups excluding carboxylic acids is 1. The standard InChI is InChI=1S/C18H14ClFN2O3/c1-2-25-16-9-11(8-15(19)17(16)23)7-12(10-21)18(24)22-14-5-3-13(20)4-6-14/h3-9,23H,2H2,1H3,(H,22,24)/b12-7+. The maximum atomic E-state index is 12.9. The van der Waals surface area contributed by atoms with Crippen LogP contribution in [0.4, 0.5) is 10.1 Å². The molecule has 5 nitrogen and oxygen atoms in total. The Morgan fingerprint density at radius 2 is 2.08 bits per heavy atom. The van der Waals surface area contributed by atoms with Crippen LogP contribution in [-0.2, 0) is 4.79 Å². The van der Waals surface area contributed by atoms with Crippen molar-refractivity contribution in [2.24, 2.45) is 0 Å². The van der Waals surface area contributed by atoms with Gasteiger partial charge in [-0.1, -0.05) is 11.6 Å². The number of carbonyl (C=O) groups is 1. The van der Waals surface area contributed by atoms with E-state index in [4.69, 9.17) is 16.3 Å². The molecule has 2 aromatic rings. The van der Waals surface area contributed by atoms with E-state index in [0.29, 0.717) is 17.9 Å². The quantitative estimate of drug-likeness (QED) is 0.620. The number of aromatic hydroxyl groups is 1. The number of ether oxygens (including phenoxy) is 1. The number of nitriles is 1. The van der Waals surface area contributed by atoms with E-state index in [0.717, 1.165) is 0 Å². The number of amides is 1. The molecule has 0 aliphatic carbocycles. The number of hydrogen-bond donors (Lipinski definition) is 2. The van der Waals surface area contributed by atoms with Crippen LogP contribution < -0.4 is 10.1 Å². The first kappa shape index (κ1) is 18.3. The number of phenolic OH excluding ortho intramolecular Hbond substituents is 1. The van der Waals surface area contributed by atoms with Crippen LogP contribution in [0.5, 0.6) is 11.5 Å². The molecule has 0 atom stereocenters. The Labute approximate surface area is 148 Å². The number of halogens is 2. The third kappa shape index (κ3) is 4.72. The summed E-state index contributed by atoms with van der Waals surface area (Å²) in [6.07, 6.45) is 1.31. The highest BCUT2D eigenvalue weighted by Gasteiger charge is 2.13.